The summed E-state index contributed by atoms with van der Waals surface area (Å²) in [4.78, 5) is 53.9. The van der Waals surface area contributed by atoms with Crippen molar-refractivity contribution in [1.82, 2.24) is 4.90 Å². The van der Waals surface area contributed by atoms with E-state index in [9.17, 15) is 39.6 Å². The highest BCUT2D eigenvalue weighted by Crippen LogP contribution is 2.52. The maximum absolute atomic E-state index is 13.8. The van der Waals surface area contributed by atoms with Crippen molar-refractivity contribution in [3.05, 3.63) is 45.7 Å². The zero-order chi connectivity index (χ0) is 27.6. The molecule has 0 unspecified atom stereocenters. The van der Waals surface area contributed by atoms with Gasteiger partial charge in [0.1, 0.15) is 29.4 Å². The van der Waals surface area contributed by atoms with E-state index in [1.54, 1.807) is 20.2 Å². The summed E-state index contributed by atoms with van der Waals surface area (Å²) in [5, 5.41) is 44.3. The second kappa shape index (κ2) is 9.09. The maximum Gasteiger partial charge on any atom is 0.255 e. The molecule has 0 heterocycles. The SMILES string of the molecule is CN(C)[C@@H]1C(=O)C(C(N)=O)=C(O)[C@@]2(O)C(=O)C3=C(O)c4c(O)ccc(CC(=O)C[NH+](C)C)c4C[C@H]3C[C@@H]12. The van der Waals surface area contributed by atoms with Crippen LogP contribution in [0.3, 0.4) is 0 Å². The zero-order valence-electron chi connectivity index (χ0n) is 21.2. The number of aromatic hydroxyl groups is 1. The minimum Gasteiger partial charge on any atom is -0.508 e. The number of rotatable bonds is 6. The normalized spacial score (nSPS) is 27.4. The Hall–Kier alpha value is -3.54. The molecule has 11 nitrogen and oxygen atoms in total. The summed E-state index contributed by atoms with van der Waals surface area (Å²) in [5.41, 5.74) is 2.66. The van der Waals surface area contributed by atoms with E-state index in [2.05, 4.69) is 0 Å². The van der Waals surface area contributed by atoms with E-state index in [0.717, 1.165) is 4.90 Å². The van der Waals surface area contributed by atoms with Crippen molar-refractivity contribution in [2.24, 2.45) is 17.6 Å². The van der Waals surface area contributed by atoms with Gasteiger partial charge in [-0.15, -0.1) is 0 Å². The number of phenolic OH excluding ortho intramolecular Hbond substituents is 1. The number of nitrogens with zero attached hydrogens (tertiary/aromatic N) is 1. The van der Waals surface area contributed by atoms with Crippen LogP contribution in [0.4, 0.5) is 0 Å². The highest BCUT2D eigenvalue weighted by Gasteiger charge is 2.64. The molecule has 4 atom stereocenters. The number of carbonyl (C=O) groups is 4. The van der Waals surface area contributed by atoms with E-state index in [1.807, 2.05) is 14.1 Å². The van der Waals surface area contributed by atoms with Gasteiger partial charge < -0.3 is 31.1 Å². The zero-order valence-corrected chi connectivity index (χ0v) is 21.2. The number of carbonyl (C=O) groups excluding carboxylic acids is 4. The number of benzene rings is 1. The lowest BCUT2D eigenvalue weighted by Crippen LogP contribution is -3.06. The number of nitrogens with one attached hydrogen (secondary N) is 1. The van der Waals surface area contributed by atoms with Crippen LogP contribution in [0.2, 0.25) is 0 Å². The van der Waals surface area contributed by atoms with Crippen LogP contribution in [0.15, 0.2) is 29.0 Å². The summed E-state index contributed by atoms with van der Waals surface area (Å²) in [6.45, 7) is 0.278. The molecule has 1 fully saturated rings. The van der Waals surface area contributed by atoms with Crippen LogP contribution in [0.5, 0.6) is 5.75 Å². The molecule has 1 amide bonds. The van der Waals surface area contributed by atoms with Gasteiger partial charge in [0.25, 0.3) is 5.91 Å². The fourth-order valence-corrected chi connectivity index (χ4v) is 6.14. The maximum atomic E-state index is 13.8. The van der Waals surface area contributed by atoms with Crippen LogP contribution in [-0.2, 0) is 32.0 Å². The molecule has 1 saturated carbocycles. The first-order valence-corrected chi connectivity index (χ1v) is 12.0. The third-order valence-corrected chi connectivity index (χ3v) is 7.64. The van der Waals surface area contributed by atoms with E-state index in [4.69, 9.17) is 5.73 Å². The van der Waals surface area contributed by atoms with E-state index < -0.39 is 58.0 Å². The summed E-state index contributed by atoms with van der Waals surface area (Å²) in [5.74, 6) is -7.03. The third-order valence-electron chi connectivity index (χ3n) is 7.64. The number of ketones is 3. The molecule has 37 heavy (non-hydrogen) atoms. The molecule has 1 aromatic carbocycles. The number of primary amides is 1. The van der Waals surface area contributed by atoms with Gasteiger partial charge in [0.05, 0.1) is 25.7 Å². The first-order valence-electron chi connectivity index (χ1n) is 12.0. The van der Waals surface area contributed by atoms with E-state index in [0.29, 0.717) is 11.1 Å². The summed E-state index contributed by atoms with van der Waals surface area (Å²) >= 11 is 0. The number of likely N-dealkylation sites (N-methyl/N-ethyl adjacent to an activating group) is 2. The van der Waals surface area contributed by atoms with Gasteiger partial charge in [0.2, 0.25) is 5.78 Å². The fourth-order valence-electron chi connectivity index (χ4n) is 6.14. The Morgan fingerprint density at radius 3 is 2.38 bits per heavy atom. The number of hydrogen-bond acceptors (Lipinski definition) is 9. The number of amides is 1. The highest BCUT2D eigenvalue weighted by atomic mass is 16.3. The number of Topliss-reactive ketones (excluding diaryl/α,β-unsaturated/α-hetero) is 3. The molecule has 0 radical (unpaired) electrons. The molecule has 1 aromatic rings. The second-order valence-electron chi connectivity index (χ2n) is 10.7. The van der Waals surface area contributed by atoms with Crippen molar-refractivity contribution >= 4 is 29.0 Å². The highest BCUT2D eigenvalue weighted by molar-refractivity contribution is 6.24. The topological polar surface area (TPSA) is 183 Å². The van der Waals surface area contributed by atoms with Crippen LogP contribution in [0.25, 0.3) is 5.76 Å². The largest absolute Gasteiger partial charge is 0.508 e. The van der Waals surface area contributed by atoms with Gasteiger partial charge >= 0.3 is 0 Å². The summed E-state index contributed by atoms with van der Waals surface area (Å²) in [7, 11) is 6.78. The minimum absolute atomic E-state index is 0.00332. The molecule has 0 bridgehead atoms. The first-order chi connectivity index (χ1) is 17.2. The number of phenols is 1. The molecule has 3 aliphatic rings. The first kappa shape index (κ1) is 26.5. The van der Waals surface area contributed by atoms with Crippen LogP contribution >= 0.6 is 0 Å². The van der Waals surface area contributed by atoms with Gasteiger partial charge in [-0.05, 0) is 50.0 Å². The molecule has 4 rings (SSSR count). The van der Waals surface area contributed by atoms with Crippen LogP contribution in [-0.4, -0.2) is 95.0 Å². The van der Waals surface area contributed by atoms with Crippen molar-refractivity contribution in [3.8, 4) is 5.75 Å². The second-order valence-corrected chi connectivity index (χ2v) is 10.7. The molecule has 0 spiro atoms. The quantitative estimate of drug-likeness (QED) is 0.239. The van der Waals surface area contributed by atoms with Crippen LogP contribution in [0.1, 0.15) is 23.1 Å². The Kier molecular flexibility index (Phi) is 6.51. The lowest BCUT2D eigenvalue weighted by atomic mass is 9.57. The van der Waals surface area contributed by atoms with Crippen molar-refractivity contribution < 1.29 is 44.5 Å². The Balaban J connectivity index is 1.89. The van der Waals surface area contributed by atoms with E-state index in [-0.39, 0.29) is 48.5 Å². The van der Waals surface area contributed by atoms with Gasteiger partial charge in [-0.1, -0.05) is 6.07 Å². The third kappa shape index (κ3) is 3.94. The van der Waals surface area contributed by atoms with Gasteiger partial charge in [0.15, 0.2) is 17.2 Å². The molecule has 3 aliphatic carbocycles. The Morgan fingerprint density at radius 2 is 1.81 bits per heavy atom. The van der Waals surface area contributed by atoms with E-state index >= 15 is 0 Å². The monoisotopic (exact) mass is 514 g/mol. The molecular formula is C26H32N3O8+. The summed E-state index contributed by atoms with van der Waals surface area (Å²) in [6.07, 6.45) is 0.214. The van der Waals surface area contributed by atoms with Crippen molar-refractivity contribution in [2.45, 2.75) is 30.9 Å². The fraction of sp³-hybridized carbons (Fsp3) is 0.462. The Bertz CT molecular complexity index is 1290. The summed E-state index contributed by atoms with van der Waals surface area (Å²) in [6, 6.07) is 1.79. The summed E-state index contributed by atoms with van der Waals surface area (Å²) < 4.78 is 0. The number of quaternary nitrogens is 1. The van der Waals surface area contributed by atoms with Crippen LogP contribution in [0, 0.1) is 11.8 Å². The predicted molar refractivity (Wildman–Crippen MR) is 131 cm³/mol. The minimum atomic E-state index is -2.68. The van der Waals surface area contributed by atoms with E-state index in [1.165, 1.54) is 11.0 Å². The lowest BCUT2D eigenvalue weighted by Gasteiger charge is -2.50. The molecule has 0 saturated heterocycles. The van der Waals surface area contributed by atoms with Crippen molar-refractivity contribution in [2.75, 3.05) is 34.7 Å². The van der Waals surface area contributed by atoms with Gasteiger partial charge in [0, 0.05) is 17.9 Å². The van der Waals surface area contributed by atoms with Gasteiger partial charge in [-0.3, -0.25) is 24.1 Å². The van der Waals surface area contributed by atoms with Gasteiger partial charge in [-0.25, -0.2) is 0 Å². The van der Waals surface area contributed by atoms with Crippen molar-refractivity contribution in [3.63, 3.8) is 0 Å². The smallest absolute Gasteiger partial charge is 0.255 e. The molecule has 0 aliphatic heterocycles. The number of hydrogen-bond donors (Lipinski definition) is 6. The predicted octanol–water partition coefficient (Wildman–Crippen LogP) is -1.78. The average molecular weight is 515 g/mol. The number of aliphatic hydroxyl groups is 3. The average Bonchev–Trinajstić information content (AvgIpc) is 2.77. The molecule has 7 N–H and O–H groups in total. The molecular weight excluding hydrogens is 482 g/mol. The standard InChI is InChI=1S/C26H31N3O8/c1-28(2)10-13(30)7-11-5-6-16(31)18-14(11)8-12-9-15-20(29(3)4)22(33)19(25(27)36)24(35)26(15,37)23(34)17(12)21(18)32/h5-6,12,15,20,31-32,35,37H,7-10H2,1-4H3,(H2,27,36)/p+1/t12-,15-,20-,26-/m0/s1. The molecule has 11 heteroatoms. The number of fused-ring (bicyclic) bond motifs is 3. The Labute approximate surface area is 213 Å². The molecule has 198 valence electrons. The van der Waals surface area contributed by atoms with Gasteiger partial charge in [-0.2, -0.15) is 0 Å². The Morgan fingerprint density at radius 1 is 1.16 bits per heavy atom. The molecule has 0 aromatic heterocycles. The number of aliphatic hydroxyl groups excluding tert-OH is 2. The lowest BCUT2D eigenvalue weighted by molar-refractivity contribution is -0.849. The van der Waals surface area contributed by atoms with Crippen LogP contribution < -0.4 is 10.6 Å². The number of nitrogens with two attached hydrogens (primary N) is 1. The van der Waals surface area contributed by atoms with Crippen molar-refractivity contribution in [1.29, 1.82) is 0 Å².